The van der Waals surface area contributed by atoms with Crippen LogP contribution in [0.2, 0.25) is 0 Å². The molecule has 0 spiro atoms. The molecule has 2 N–H and O–H groups in total. The van der Waals surface area contributed by atoms with E-state index in [-0.39, 0.29) is 47.5 Å². The second-order valence-electron chi connectivity index (χ2n) is 7.55. The highest BCUT2D eigenvalue weighted by atomic mass is 127. The van der Waals surface area contributed by atoms with Crippen molar-refractivity contribution in [3.05, 3.63) is 59.7 Å². The van der Waals surface area contributed by atoms with Crippen LogP contribution in [0, 0.1) is 11.6 Å². The highest BCUT2D eigenvalue weighted by Crippen LogP contribution is 2.43. The molecule has 2 aromatic rings. The number of para-hydroxylation sites is 2. The lowest BCUT2D eigenvalue weighted by Gasteiger charge is -2.22. The van der Waals surface area contributed by atoms with Gasteiger partial charge >= 0.3 is 0 Å². The van der Waals surface area contributed by atoms with E-state index >= 15 is 0 Å². The number of hydrogen-bond donors (Lipinski definition) is 2. The molecule has 1 aliphatic heterocycles. The van der Waals surface area contributed by atoms with Crippen LogP contribution in [0.5, 0.6) is 5.75 Å². The first-order valence-electron chi connectivity index (χ1n) is 9.92. The molecule has 0 radical (unpaired) electrons. The highest BCUT2D eigenvalue weighted by Gasteiger charge is 2.42. The average molecular weight is 528 g/mol. The van der Waals surface area contributed by atoms with Gasteiger partial charge in [-0.05, 0) is 37.1 Å². The fourth-order valence-corrected chi connectivity index (χ4v) is 4.07. The lowest BCUT2D eigenvalue weighted by Crippen LogP contribution is -2.45. The normalized spacial score (nSPS) is 23.0. The molecule has 0 bridgehead atoms. The zero-order valence-electron chi connectivity index (χ0n) is 17.1. The topological polar surface area (TPSA) is 48.9 Å². The van der Waals surface area contributed by atoms with Crippen molar-refractivity contribution < 1.29 is 13.5 Å². The molecular formula is C22H27F2IN4O. The van der Waals surface area contributed by atoms with Gasteiger partial charge in [0.25, 0.3) is 0 Å². The first-order valence-corrected chi connectivity index (χ1v) is 9.92. The van der Waals surface area contributed by atoms with Gasteiger partial charge in [-0.1, -0.05) is 18.2 Å². The SMILES string of the molecule is CN=C(NC1CCN(c2ccccc2OC)C1)NC1CC1c1c(F)cccc1F.I. The van der Waals surface area contributed by atoms with Crippen LogP contribution >= 0.6 is 24.0 Å². The Morgan fingerprint density at radius 1 is 1.10 bits per heavy atom. The van der Waals surface area contributed by atoms with Crippen LogP contribution < -0.4 is 20.3 Å². The van der Waals surface area contributed by atoms with E-state index in [1.165, 1.54) is 18.2 Å². The Balaban J connectivity index is 0.00000256. The largest absolute Gasteiger partial charge is 0.495 e. The summed E-state index contributed by atoms with van der Waals surface area (Å²) in [4.78, 5) is 6.59. The second kappa shape index (κ2) is 9.80. The van der Waals surface area contributed by atoms with Crippen LogP contribution in [0.4, 0.5) is 14.5 Å². The van der Waals surface area contributed by atoms with Crippen molar-refractivity contribution in [2.75, 3.05) is 32.1 Å². The maximum Gasteiger partial charge on any atom is 0.191 e. The van der Waals surface area contributed by atoms with E-state index in [1.54, 1.807) is 14.2 Å². The van der Waals surface area contributed by atoms with Crippen LogP contribution in [0.3, 0.4) is 0 Å². The van der Waals surface area contributed by atoms with Crippen molar-refractivity contribution >= 4 is 35.6 Å². The van der Waals surface area contributed by atoms with Crippen LogP contribution in [0.1, 0.15) is 24.3 Å². The minimum absolute atomic E-state index is 0. The van der Waals surface area contributed by atoms with E-state index < -0.39 is 11.6 Å². The molecule has 3 atom stereocenters. The summed E-state index contributed by atoms with van der Waals surface area (Å²) in [6.45, 7) is 1.75. The van der Waals surface area contributed by atoms with Gasteiger partial charge in [-0.3, -0.25) is 4.99 Å². The number of hydrogen-bond acceptors (Lipinski definition) is 3. The van der Waals surface area contributed by atoms with Gasteiger partial charge in [-0.15, -0.1) is 24.0 Å². The molecular weight excluding hydrogens is 501 g/mol. The van der Waals surface area contributed by atoms with Gasteiger partial charge in [0, 0.05) is 43.7 Å². The lowest BCUT2D eigenvalue weighted by atomic mass is 10.1. The maximum absolute atomic E-state index is 14.0. The van der Waals surface area contributed by atoms with Crippen LogP contribution in [-0.4, -0.2) is 45.3 Å². The van der Waals surface area contributed by atoms with Crippen LogP contribution in [0.15, 0.2) is 47.5 Å². The van der Waals surface area contributed by atoms with Gasteiger partial charge in [0.2, 0.25) is 0 Å². The number of aliphatic imine (C=N–C) groups is 1. The number of nitrogens with zero attached hydrogens (tertiary/aromatic N) is 2. The molecule has 2 aliphatic rings. The lowest BCUT2D eigenvalue weighted by molar-refractivity contribution is 0.415. The highest BCUT2D eigenvalue weighted by molar-refractivity contribution is 14.0. The third-order valence-electron chi connectivity index (χ3n) is 5.66. The predicted octanol–water partition coefficient (Wildman–Crippen LogP) is 3.89. The molecule has 3 unspecified atom stereocenters. The fraction of sp³-hybridized carbons (Fsp3) is 0.409. The molecule has 4 rings (SSSR count). The number of halogens is 3. The minimum Gasteiger partial charge on any atom is -0.495 e. The van der Waals surface area contributed by atoms with Gasteiger partial charge in [-0.2, -0.15) is 0 Å². The third-order valence-corrected chi connectivity index (χ3v) is 5.66. The molecule has 1 saturated heterocycles. The minimum atomic E-state index is -0.481. The Labute approximate surface area is 192 Å². The molecule has 30 heavy (non-hydrogen) atoms. The average Bonchev–Trinajstić information content (AvgIpc) is 3.31. The quantitative estimate of drug-likeness (QED) is 0.352. The predicted molar refractivity (Wildman–Crippen MR) is 126 cm³/mol. The van der Waals surface area contributed by atoms with Gasteiger partial charge in [-0.25, -0.2) is 8.78 Å². The second-order valence-corrected chi connectivity index (χ2v) is 7.55. The third kappa shape index (κ3) is 4.79. The fourth-order valence-electron chi connectivity index (χ4n) is 4.07. The summed E-state index contributed by atoms with van der Waals surface area (Å²) >= 11 is 0. The van der Waals surface area contributed by atoms with Crippen molar-refractivity contribution in [2.24, 2.45) is 4.99 Å². The van der Waals surface area contributed by atoms with Crippen molar-refractivity contribution in [3.63, 3.8) is 0 Å². The molecule has 5 nitrogen and oxygen atoms in total. The molecule has 1 saturated carbocycles. The van der Waals surface area contributed by atoms with E-state index in [1.807, 2.05) is 18.2 Å². The number of ether oxygens (including phenoxy) is 1. The number of rotatable bonds is 5. The summed E-state index contributed by atoms with van der Waals surface area (Å²) in [5, 5.41) is 6.75. The first-order chi connectivity index (χ1) is 14.1. The molecule has 0 aromatic heterocycles. The van der Waals surface area contributed by atoms with Crippen molar-refractivity contribution in [3.8, 4) is 5.75 Å². The van der Waals surface area contributed by atoms with E-state index in [0.29, 0.717) is 12.4 Å². The van der Waals surface area contributed by atoms with Crippen LogP contribution in [0.25, 0.3) is 0 Å². The van der Waals surface area contributed by atoms with Crippen molar-refractivity contribution in [1.82, 2.24) is 10.6 Å². The standard InChI is InChI=1S/C22H26F2N4O.HI/c1-25-22(27-18-12-15(18)21-16(23)6-5-7-17(21)24)26-14-10-11-28(13-14)19-8-3-4-9-20(19)29-2;/h3-9,14-15,18H,10-13H2,1-2H3,(H2,25,26,27);1H. The Hall–Kier alpha value is -2.10. The Morgan fingerprint density at radius 2 is 1.83 bits per heavy atom. The maximum atomic E-state index is 14.0. The van der Waals surface area contributed by atoms with E-state index in [0.717, 1.165) is 30.9 Å². The van der Waals surface area contributed by atoms with Crippen molar-refractivity contribution in [1.29, 1.82) is 0 Å². The van der Waals surface area contributed by atoms with Crippen molar-refractivity contribution in [2.45, 2.75) is 30.8 Å². The summed E-state index contributed by atoms with van der Waals surface area (Å²) in [6, 6.07) is 12.2. The molecule has 1 aliphatic carbocycles. The number of benzene rings is 2. The molecule has 2 fully saturated rings. The molecule has 8 heteroatoms. The zero-order chi connectivity index (χ0) is 20.4. The zero-order valence-corrected chi connectivity index (χ0v) is 19.4. The number of anilines is 1. The summed E-state index contributed by atoms with van der Waals surface area (Å²) in [6.07, 6.45) is 1.66. The van der Waals surface area contributed by atoms with Gasteiger partial charge in [0.1, 0.15) is 17.4 Å². The van der Waals surface area contributed by atoms with E-state index in [9.17, 15) is 8.78 Å². The Morgan fingerprint density at radius 3 is 2.53 bits per heavy atom. The summed E-state index contributed by atoms with van der Waals surface area (Å²) in [7, 11) is 3.39. The smallest absolute Gasteiger partial charge is 0.191 e. The monoisotopic (exact) mass is 528 g/mol. The van der Waals surface area contributed by atoms with Gasteiger partial charge in [0.05, 0.1) is 12.8 Å². The number of guanidine groups is 1. The van der Waals surface area contributed by atoms with Gasteiger partial charge in [0.15, 0.2) is 5.96 Å². The number of nitrogens with one attached hydrogen (secondary N) is 2. The van der Waals surface area contributed by atoms with E-state index in [2.05, 4.69) is 26.6 Å². The molecule has 162 valence electrons. The molecule has 2 aromatic carbocycles. The van der Waals surface area contributed by atoms with E-state index in [4.69, 9.17) is 4.74 Å². The molecule has 1 heterocycles. The first kappa shape index (κ1) is 22.6. The Bertz CT molecular complexity index is 890. The van der Waals surface area contributed by atoms with Gasteiger partial charge < -0.3 is 20.3 Å². The number of methoxy groups -OCH3 is 1. The molecule has 0 amide bonds. The van der Waals surface area contributed by atoms with Crippen LogP contribution in [-0.2, 0) is 0 Å². The Kier molecular flexibility index (Phi) is 7.38. The summed E-state index contributed by atoms with van der Waals surface area (Å²) in [5.74, 6) is 0.406. The summed E-state index contributed by atoms with van der Waals surface area (Å²) in [5.41, 5.74) is 1.25. The summed E-state index contributed by atoms with van der Waals surface area (Å²) < 4.78 is 33.5.